The second-order valence-corrected chi connectivity index (χ2v) is 8.62. The Morgan fingerprint density at radius 3 is 2.53 bits per heavy atom. The molecule has 0 N–H and O–H groups in total. The molecule has 1 atom stereocenters. The van der Waals surface area contributed by atoms with E-state index in [1.165, 1.54) is 23.3 Å². The molecule has 0 aliphatic carbocycles. The summed E-state index contributed by atoms with van der Waals surface area (Å²) in [4.78, 5) is 28.7. The van der Waals surface area contributed by atoms with E-state index in [-0.39, 0.29) is 16.8 Å². The molecule has 4 aromatic rings. The zero-order valence-electron chi connectivity index (χ0n) is 17.8. The van der Waals surface area contributed by atoms with E-state index >= 15 is 0 Å². The summed E-state index contributed by atoms with van der Waals surface area (Å²) in [7, 11) is 3.09. The number of benzene rings is 2. The summed E-state index contributed by atoms with van der Waals surface area (Å²) >= 11 is 1.26. The first-order valence-corrected chi connectivity index (χ1v) is 10.7. The van der Waals surface area contributed by atoms with E-state index in [1.54, 1.807) is 44.4 Å². The number of carbonyl (C=O) groups is 1. The van der Waals surface area contributed by atoms with Crippen LogP contribution in [0.5, 0.6) is 11.5 Å². The van der Waals surface area contributed by atoms with Gasteiger partial charge in [-0.15, -0.1) is 10.2 Å². The quantitative estimate of drug-likeness (QED) is 0.464. The summed E-state index contributed by atoms with van der Waals surface area (Å²) in [5, 5.41) is 9.72. The van der Waals surface area contributed by atoms with Crippen molar-refractivity contribution in [1.29, 1.82) is 0 Å². The van der Waals surface area contributed by atoms with Gasteiger partial charge in [-0.2, -0.15) is 0 Å². The first-order chi connectivity index (χ1) is 15.4. The van der Waals surface area contributed by atoms with E-state index < -0.39 is 11.9 Å². The third-order valence-corrected chi connectivity index (χ3v) is 6.32. The molecule has 3 heterocycles. The van der Waals surface area contributed by atoms with Crippen LogP contribution < -0.4 is 19.8 Å². The van der Waals surface area contributed by atoms with Gasteiger partial charge in [0.05, 0.1) is 25.2 Å². The van der Waals surface area contributed by atoms with Gasteiger partial charge in [-0.05, 0) is 44.2 Å². The van der Waals surface area contributed by atoms with Crippen LogP contribution in [0.1, 0.15) is 38.3 Å². The number of carbonyl (C=O) groups excluding carboxylic acids is 1. The minimum Gasteiger partial charge on any atom is -0.497 e. The van der Waals surface area contributed by atoms with Gasteiger partial charge in [0.25, 0.3) is 5.91 Å². The number of hydrogen-bond acceptors (Lipinski definition) is 8. The summed E-state index contributed by atoms with van der Waals surface area (Å²) in [5.74, 6) is 0.613. The van der Waals surface area contributed by atoms with Gasteiger partial charge in [0.1, 0.15) is 28.1 Å². The van der Waals surface area contributed by atoms with E-state index in [1.807, 2.05) is 13.0 Å². The second-order valence-electron chi connectivity index (χ2n) is 7.46. The van der Waals surface area contributed by atoms with E-state index in [9.17, 15) is 9.59 Å². The lowest BCUT2D eigenvalue weighted by atomic mass is 9.97. The molecule has 8 nitrogen and oxygen atoms in total. The summed E-state index contributed by atoms with van der Waals surface area (Å²) in [6, 6.07) is 9.76. The molecule has 162 valence electrons. The Hall–Kier alpha value is -3.72. The van der Waals surface area contributed by atoms with Crippen molar-refractivity contribution in [2.24, 2.45) is 0 Å². The Balaban J connectivity index is 1.86. The third kappa shape index (κ3) is 2.96. The van der Waals surface area contributed by atoms with Crippen LogP contribution in [0.4, 0.5) is 5.13 Å². The molecule has 0 saturated heterocycles. The maximum atomic E-state index is 13.7. The third-order valence-electron chi connectivity index (χ3n) is 5.48. The van der Waals surface area contributed by atoms with Crippen molar-refractivity contribution in [2.75, 3.05) is 19.1 Å². The molecule has 0 radical (unpaired) electrons. The smallest absolute Gasteiger partial charge is 0.297 e. The molecular weight excluding hydrogens is 430 g/mol. The molecule has 2 aromatic heterocycles. The van der Waals surface area contributed by atoms with Crippen LogP contribution in [0.2, 0.25) is 0 Å². The van der Waals surface area contributed by atoms with Crippen molar-refractivity contribution in [3.8, 4) is 11.5 Å². The zero-order chi connectivity index (χ0) is 22.6. The van der Waals surface area contributed by atoms with Crippen LogP contribution in [-0.2, 0) is 0 Å². The van der Waals surface area contributed by atoms with Gasteiger partial charge in [0.2, 0.25) is 10.9 Å². The molecule has 0 bridgehead atoms. The van der Waals surface area contributed by atoms with Crippen molar-refractivity contribution in [3.05, 3.63) is 74.1 Å². The standard InChI is InChI=1S/C23H19N3O5S/c1-11-5-7-17-15(9-11)20(27)18-19(14-10-13(29-3)6-8-16(14)30-4)26(22(28)21(18)31-17)23-25-24-12(2)32-23/h5-10,19H,1-4H3/t19-/m1/s1. The van der Waals surface area contributed by atoms with Crippen molar-refractivity contribution < 1.29 is 18.7 Å². The van der Waals surface area contributed by atoms with E-state index in [4.69, 9.17) is 13.9 Å². The number of aromatic nitrogens is 2. The highest BCUT2D eigenvalue weighted by molar-refractivity contribution is 7.15. The molecule has 0 fully saturated rings. The van der Waals surface area contributed by atoms with Crippen LogP contribution in [0.25, 0.3) is 11.0 Å². The number of aryl methyl sites for hydroxylation is 2. The molecule has 0 unspecified atom stereocenters. The van der Waals surface area contributed by atoms with Crippen LogP contribution in [-0.4, -0.2) is 30.3 Å². The first kappa shape index (κ1) is 20.2. The van der Waals surface area contributed by atoms with Crippen molar-refractivity contribution in [3.63, 3.8) is 0 Å². The number of hydrogen-bond donors (Lipinski definition) is 0. The molecule has 0 saturated carbocycles. The molecule has 5 rings (SSSR count). The number of fused-ring (bicyclic) bond motifs is 2. The number of nitrogens with zero attached hydrogens (tertiary/aromatic N) is 3. The maximum absolute atomic E-state index is 13.7. The van der Waals surface area contributed by atoms with Crippen molar-refractivity contribution in [2.45, 2.75) is 19.9 Å². The molecular formula is C23H19N3O5S. The fraction of sp³-hybridized carbons (Fsp3) is 0.217. The van der Waals surface area contributed by atoms with E-state index in [0.29, 0.717) is 38.2 Å². The van der Waals surface area contributed by atoms with Crippen LogP contribution in [0.3, 0.4) is 0 Å². The number of ether oxygens (including phenoxy) is 2. The Labute approximate surface area is 187 Å². The fourth-order valence-corrected chi connectivity index (χ4v) is 4.73. The van der Waals surface area contributed by atoms with Gasteiger partial charge in [-0.1, -0.05) is 23.0 Å². The second kappa shape index (κ2) is 7.45. The Morgan fingerprint density at radius 2 is 1.84 bits per heavy atom. The predicted molar refractivity (Wildman–Crippen MR) is 120 cm³/mol. The highest BCUT2D eigenvalue weighted by Gasteiger charge is 2.46. The Kier molecular flexibility index (Phi) is 4.70. The summed E-state index contributed by atoms with van der Waals surface area (Å²) in [5.41, 5.74) is 1.84. The lowest BCUT2D eigenvalue weighted by Gasteiger charge is -2.24. The Morgan fingerprint density at radius 1 is 1.03 bits per heavy atom. The SMILES string of the molecule is COc1ccc(OC)c([C@@H]2c3c(oc4ccc(C)cc4c3=O)C(=O)N2c2nnc(C)s2)c1. The van der Waals surface area contributed by atoms with E-state index in [0.717, 1.165) is 5.56 Å². The zero-order valence-corrected chi connectivity index (χ0v) is 18.6. The normalized spacial score (nSPS) is 15.3. The average Bonchev–Trinajstić information content (AvgIpc) is 3.34. The van der Waals surface area contributed by atoms with Gasteiger partial charge in [0.15, 0.2) is 5.43 Å². The summed E-state index contributed by atoms with van der Waals surface area (Å²) in [6.07, 6.45) is 0. The van der Waals surface area contributed by atoms with Crippen LogP contribution in [0.15, 0.2) is 45.6 Å². The summed E-state index contributed by atoms with van der Waals surface area (Å²) in [6.45, 7) is 3.70. The molecule has 32 heavy (non-hydrogen) atoms. The molecule has 2 aromatic carbocycles. The number of anilines is 1. The lowest BCUT2D eigenvalue weighted by molar-refractivity contribution is 0.0970. The molecule has 9 heteroatoms. The van der Waals surface area contributed by atoms with Gasteiger partial charge in [0, 0.05) is 5.56 Å². The topological polar surface area (TPSA) is 94.8 Å². The van der Waals surface area contributed by atoms with Crippen LogP contribution in [0, 0.1) is 13.8 Å². The van der Waals surface area contributed by atoms with Crippen molar-refractivity contribution >= 4 is 33.3 Å². The maximum Gasteiger partial charge on any atom is 0.297 e. The minimum absolute atomic E-state index is 0.00548. The lowest BCUT2D eigenvalue weighted by Crippen LogP contribution is -2.29. The number of rotatable bonds is 4. The first-order valence-electron chi connectivity index (χ1n) is 9.86. The fourth-order valence-electron chi connectivity index (χ4n) is 4.01. The molecule has 1 aliphatic rings. The monoisotopic (exact) mass is 449 g/mol. The van der Waals surface area contributed by atoms with Gasteiger partial charge >= 0.3 is 0 Å². The predicted octanol–water partition coefficient (Wildman–Crippen LogP) is 4.03. The van der Waals surface area contributed by atoms with Gasteiger partial charge in [-0.25, -0.2) is 0 Å². The minimum atomic E-state index is -0.809. The largest absolute Gasteiger partial charge is 0.497 e. The van der Waals surface area contributed by atoms with E-state index in [2.05, 4.69) is 10.2 Å². The van der Waals surface area contributed by atoms with Crippen LogP contribution >= 0.6 is 11.3 Å². The number of amides is 1. The number of methoxy groups -OCH3 is 2. The molecule has 1 amide bonds. The highest BCUT2D eigenvalue weighted by Crippen LogP contribution is 2.45. The summed E-state index contributed by atoms with van der Waals surface area (Å²) < 4.78 is 17.0. The molecule has 0 spiro atoms. The highest BCUT2D eigenvalue weighted by atomic mass is 32.1. The Bertz CT molecular complexity index is 1440. The molecule has 1 aliphatic heterocycles. The van der Waals surface area contributed by atoms with Crippen molar-refractivity contribution in [1.82, 2.24) is 10.2 Å². The van der Waals surface area contributed by atoms with Gasteiger partial charge < -0.3 is 13.9 Å². The van der Waals surface area contributed by atoms with Gasteiger partial charge in [-0.3, -0.25) is 14.5 Å². The average molecular weight is 449 g/mol.